The molecule has 1 fully saturated rings. The van der Waals surface area contributed by atoms with Gasteiger partial charge in [0.15, 0.2) is 0 Å². The van der Waals surface area contributed by atoms with E-state index in [-0.39, 0.29) is 6.10 Å². The fraction of sp³-hybridized carbons (Fsp3) is 0.857. The van der Waals surface area contributed by atoms with Gasteiger partial charge >= 0.3 is 0 Å². The van der Waals surface area contributed by atoms with Gasteiger partial charge in [0.05, 0.1) is 6.10 Å². The second-order valence-corrected chi connectivity index (χ2v) is 5.68. The van der Waals surface area contributed by atoms with Gasteiger partial charge in [0.2, 0.25) is 0 Å². The second-order valence-electron chi connectivity index (χ2n) is 5.68. The summed E-state index contributed by atoms with van der Waals surface area (Å²) in [6, 6.07) is 0.672. The van der Waals surface area contributed by atoms with Crippen LogP contribution in [0.2, 0.25) is 0 Å². The average Bonchev–Trinajstić information content (AvgIpc) is 2.97. The molecule has 0 amide bonds. The number of ether oxygens (including phenoxy) is 1. The zero-order valence-electron chi connectivity index (χ0n) is 12.5. The van der Waals surface area contributed by atoms with Crippen molar-refractivity contribution in [2.45, 2.75) is 58.7 Å². The summed E-state index contributed by atoms with van der Waals surface area (Å²) in [5.41, 5.74) is 0. The molecule has 1 N–H and O–H groups in total. The Labute approximate surface area is 115 Å². The van der Waals surface area contributed by atoms with Gasteiger partial charge in [0.25, 0.3) is 0 Å². The molecule has 0 bridgehead atoms. The zero-order chi connectivity index (χ0) is 13.8. The quantitative estimate of drug-likeness (QED) is 0.853. The molecule has 108 valence electrons. The minimum Gasteiger partial charge on any atom is -0.376 e. The highest BCUT2D eigenvalue weighted by Gasteiger charge is 2.32. The number of hydrogen-bond donors (Lipinski definition) is 1. The lowest BCUT2D eigenvalue weighted by molar-refractivity contribution is 0.0605. The molecule has 19 heavy (non-hydrogen) atoms. The number of hydrogen-bond acceptors (Lipinski definition) is 4. The largest absolute Gasteiger partial charge is 0.376 e. The molecule has 1 aromatic rings. The van der Waals surface area contributed by atoms with Crippen LogP contribution in [0.5, 0.6) is 0 Å². The third-order valence-electron chi connectivity index (χ3n) is 3.85. The third kappa shape index (κ3) is 3.34. The lowest BCUT2D eigenvalue weighted by atomic mass is 9.95. The van der Waals surface area contributed by atoms with E-state index >= 15 is 0 Å². The van der Waals surface area contributed by atoms with Crippen LogP contribution in [0.1, 0.15) is 46.0 Å². The van der Waals surface area contributed by atoms with E-state index in [1.165, 1.54) is 0 Å². The lowest BCUT2D eigenvalue weighted by Gasteiger charge is -2.27. The van der Waals surface area contributed by atoms with Crippen molar-refractivity contribution in [3.63, 3.8) is 0 Å². The molecule has 5 nitrogen and oxygen atoms in total. The summed E-state index contributed by atoms with van der Waals surface area (Å²) in [6.45, 7) is 10.5. The number of aromatic nitrogens is 3. The number of likely N-dealkylation sites (N-methyl/N-ethyl adjacent to an activating group) is 1. The minimum atomic E-state index is 0.289. The van der Waals surface area contributed by atoms with Crippen LogP contribution in [0.25, 0.3) is 0 Å². The van der Waals surface area contributed by atoms with E-state index in [2.05, 4.69) is 43.1 Å². The third-order valence-corrected chi connectivity index (χ3v) is 3.85. The van der Waals surface area contributed by atoms with Crippen molar-refractivity contribution in [3.8, 4) is 0 Å². The van der Waals surface area contributed by atoms with Crippen LogP contribution in [0.4, 0.5) is 0 Å². The molecule has 2 rings (SSSR count). The topological polar surface area (TPSA) is 52.0 Å². The minimum absolute atomic E-state index is 0.289. The normalized spacial score (nSPS) is 25.1. The van der Waals surface area contributed by atoms with Crippen LogP contribution in [-0.4, -0.2) is 40.1 Å². The van der Waals surface area contributed by atoms with Gasteiger partial charge in [-0.1, -0.05) is 13.8 Å². The van der Waals surface area contributed by atoms with Crippen molar-refractivity contribution >= 4 is 0 Å². The van der Waals surface area contributed by atoms with Crippen molar-refractivity contribution in [1.29, 1.82) is 0 Å². The second kappa shape index (κ2) is 6.48. The molecule has 3 atom stereocenters. The SMILES string of the molecule is CCNC(Cc1ncnn1C(C)C)C1OCCC1C. The Balaban J connectivity index is 2.09. The highest BCUT2D eigenvalue weighted by Crippen LogP contribution is 2.24. The van der Waals surface area contributed by atoms with Crippen LogP contribution in [0.3, 0.4) is 0 Å². The van der Waals surface area contributed by atoms with E-state index in [1.807, 2.05) is 4.68 Å². The maximum atomic E-state index is 5.91. The fourth-order valence-corrected chi connectivity index (χ4v) is 2.85. The Morgan fingerprint density at radius 2 is 2.32 bits per heavy atom. The van der Waals surface area contributed by atoms with E-state index in [0.29, 0.717) is 18.0 Å². The Kier molecular flexibility index (Phi) is 4.93. The van der Waals surface area contributed by atoms with Crippen molar-refractivity contribution in [3.05, 3.63) is 12.2 Å². The molecule has 3 unspecified atom stereocenters. The molecule has 2 heterocycles. The number of nitrogens with zero attached hydrogens (tertiary/aromatic N) is 3. The Morgan fingerprint density at radius 1 is 1.53 bits per heavy atom. The Morgan fingerprint density at radius 3 is 2.89 bits per heavy atom. The van der Waals surface area contributed by atoms with Crippen molar-refractivity contribution < 1.29 is 4.74 Å². The van der Waals surface area contributed by atoms with Gasteiger partial charge in [-0.2, -0.15) is 5.10 Å². The van der Waals surface area contributed by atoms with Crippen molar-refractivity contribution in [2.24, 2.45) is 5.92 Å². The molecule has 1 aliphatic heterocycles. The van der Waals surface area contributed by atoms with Gasteiger partial charge in [-0.15, -0.1) is 0 Å². The molecular formula is C14H26N4O. The first-order valence-electron chi connectivity index (χ1n) is 7.36. The maximum Gasteiger partial charge on any atom is 0.138 e. The standard InChI is InChI=1S/C14H26N4O/c1-5-15-12(14-11(4)6-7-19-14)8-13-16-9-17-18(13)10(2)3/h9-12,14-15H,5-8H2,1-4H3. The summed E-state index contributed by atoms with van der Waals surface area (Å²) in [6.07, 6.45) is 3.97. The molecule has 0 radical (unpaired) electrons. The first-order valence-corrected chi connectivity index (χ1v) is 7.36. The summed E-state index contributed by atoms with van der Waals surface area (Å²) in [4.78, 5) is 4.41. The first-order chi connectivity index (χ1) is 9.13. The maximum absolute atomic E-state index is 5.91. The highest BCUT2D eigenvalue weighted by atomic mass is 16.5. The van der Waals surface area contributed by atoms with Gasteiger partial charge in [-0.25, -0.2) is 9.67 Å². The van der Waals surface area contributed by atoms with E-state index in [9.17, 15) is 0 Å². The molecule has 1 aromatic heterocycles. The molecule has 0 spiro atoms. The Hall–Kier alpha value is -0.940. The van der Waals surface area contributed by atoms with E-state index in [1.54, 1.807) is 6.33 Å². The van der Waals surface area contributed by atoms with Crippen LogP contribution < -0.4 is 5.32 Å². The van der Waals surface area contributed by atoms with Crippen LogP contribution in [-0.2, 0) is 11.2 Å². The first kappa shape index (κ1) is 14.5. The number of rotatable bonds is 6. The monoisotopic (exact) mass is 266 g/mol. The van der Waals surface area contributed by atoms with Crippen LogP contribution in [0.15, 0.2) is 6.33 Å². The molecule has 1 saturated heterocycles. The predicted molar refractivity (Wildman–Crippen MR) is 75.1 cm³/mol. The van der Waals surface area contributed by atoms with Crippen molar-refractivity contribution in [2.75, 3.05) is 13.2 Å². The summed E-state index contributed by atoms with van der Waals surface area (Å²) in [7, 11) is 0. The number of nitrogens with one attached hydrogen (secondary N) is 1. The fourth-order valence-electron chi connectivity index (χ4n) is 2.85. The van der Waals surface area contributed by atoms with Gasteiger partial charge in [0.1, 0.15) is 12.2 Å². The molecule has 1 aliphatic rings. The summed E-state index contributed by atoms with van der Waals surface area (Å²) in [5, 5.41) is 7.86. The summed E-state index contributed by atoms with van der Waals surface area (Å²) >= 11 is 0. The lowest BCUT2D eigenvalue weighted by Crippen LogP contribution is -2.44. The molecule has 0 saturated carbocycles. The van der Waals surface area contributed by atoms with Gasteiger partial charge in [-0.3, -0.25) is 0 Å². The van der Waals surface area contributed by atoms with Crippen LogP contribution in [0, 0.1) is 5.92 Å². The van der Waals surface area contributed by atoms with E-state index in [0.717, 1.165) is 31.8 Å². The van der Waals surface area contributed by atoms with E-state index < -0.39 is 0 Å². The van der Waals surface area contributed by atoms with Gasteiger partial charge in [-0.05, 0) is 32.7 Å². The summed E-state index contributed by atoms with van der Waals surface area (Å²) in [5.74, 6) is 1.66. The van der Waals surface area contributed by atoms with Crippen molar-refractivity contribution in [1.82, 2.24) is 20.1 Å². The van der Waals surface area contributed by atoms with E-state index in [4.69, 9.17) is 4.74 Å². The summed E-state index contributed by atoms with van der Waals surface area (Å²) < 4.78 is 7.91. The predicted octanol–water partition coefficient (Wildman–Crippen LogP) is 1.80. The molecular weight excluding hydrogens is 240 g/mol. The highest BCUT2D eigenvalue weighted by molar-refractivity contribution is 4.96. The Bertz CT molecular complexity index is 391. The average molecular weight is 266 g/mol. The molecule has 0 aliphatic carbocycles. The smallest absolute Gasteiger partial charge is 0.138 e. The zero-order valence-corrected chi connectivity index (χ0v) is 12.5. The van der Waals surface area contributed by atoms with Gasteiger partial charge < -0.3 is 10.1 Å². The molecule has 0 aromatic carbocycles. The van der Waals surface area contributed by atoms with Crippen LogP contribution >= 0.6 is 0 Å². The van der Waals surface area contributed by atoms with Gasteiger partial charge in [0, 0.05) is 25.1 Å². The molecule has 5 heteroatoms.